The SMILES string of the molecule is Cc1nn(-c2cc(CCl)ccn2)c(C)c1Cl. The minimum absolute atomic E-state index is 0.461. The molecule has 0 aliphatic heterocycles. The predicted octanol–water partition coefficient (Wildman–Crippen LogP) is 3.28. The maximum absolute atomic E-state index is 6.08. The summed E-state index contributed by atoms with van der Waals surface area (Å²) in [6.07, 6.45) is 1.72. The van der Waals surface area contributed by atoms with Crippen LogP contribution in [-0.2, 0) is 5.88 Å². The summed E-state index contributed by atoms with van der Waals surface area (Å²) >= 11 is 11.9. The summed E-state index contributed by atoms with van der Waals surface area (Å²) in [5, 5.41) is 5.01. The maximum Gasteiger partial charge on any atom is 0.153 e. The molecule has 0 aliphatic rings. The van der Waals surface area contributed by atoms with Gasteiger partial charge in [0.25, 0.3) is 0 Å². The van der Waals surface area contributed by atoms with Crippen molar-refractivity contribution in [2.24, 2.45) is 0 Å². The molecule has 0 aliphatic carbocycles. The Bertz CT molecular complexity index is 520. The van der Waals surface area contributed by atoms with E-state index in [1.54, 1.807) is 10.9 Å². The highest BCUT2D eigenvalue weighted by Gasteiger charge is 2.11. The fourth-order valence-electron chi connectivity index (χ4n) is 1.51. The first-order valence-electron chi connectivity index (χ1n) is 4.86. The molecule has 0 saturated heterocycles. The van der Waals surface area contributed by atoms with Gasteiger partial charge in [-0.25, -0.2) is 9.67 Å². The Balaban J connectivity index is 2.54. The van der Waals surface area contributed by atoms with E-state index in [1.807, 2.05) is 26.0 Å². The molecule has 0 N–H and O–H groups in total. The zero-order chi connectivity index (χ0) is 11.7. The van der Waals surface area contributed by atoms with Gasteiger partial charge in [-0.1, -0.05) is 11.6 Å². The van der Waals surface area contributed by atoms with Gasteiger partial charge in [-0.3, -0.25) is 0 Å². The summed E-state index contributed by atoms with van der Waals surface area (Å²) in [7, 11) is 0. The van der Waals surface area contributed by atoms with Crippen molar-refractivity contribution in [3.05, 3.63) is 40.3 Å². The lowest BCUT2D eigenvalue weighted by atomic mass is 10.3. The Hall–Kier alpha value is -1.06. The number of hydrogen-bond acceptors (Lipinski definition) is 2. The molecule has 2 aromatic heterocycles. The average molecular weight is 256 g/mol. The van der Waals surface area contributed by atoms with Crippen LogP contribution in [-0.4, -0.2) is 14.8 Å². The van der Waals surface area contributed by atoms with Crippen molar-refractivity contribution in [2.75, 3.05) is 0 Å². The second kappa shape index (κ2) is 4.44. The van der Waals surface area contributed by atoms with Crippen LogP contribution >= 0.6 is 23.2 Å². The van der Waals surface area contributed by atoms with E-state index < -0.39 is 0 Å². The third-order valence-corrected chi connectivity index (χ3v) is 3.24. The highest BCUT2D eigenvalue weighted by Crippen LogP contribution is 2.21. The zero-order valence-electron chi connectivity index (χ0n) is 9.04. The molecule has 0 unspecified atom stereocenters. The minimum Gasteiger partial charge on any atom is -0.237 e. The van der Waals surface area contributed by atoms with Crippen LogP contribution in [0.2, 0.25) is 5.02 Å². The first-order chi connectivity index (χ1) is 7.63. The number of hydrogen-bond donors (Lipinski definition) is 0. The normalized spacial score (nSPS) is 10.8. The molecule has 16 heavy (non-hydrogen) atoms. The van der Waals surface area contributed by atoms with E-state index in [0.717, 1.165) is 22.8 Å². The fraction of sp³-hybridized carbons (Fsp3) is 0.273. The molecule has 2 heterocycles. The predicted molar refractivity (Wildman–Crippen MR) is 65.4 cm³/mol. The molecule has 0 radical (unpaired) electrons. The van der Waals surface area contributed by atoms with Crippen LogP contribution in [0.3, 0.4) is 0 Å². The Morgan fingerprint density at radius 1 is 1.38 bits per heavy atom. The van der Waals surface area contributed by atoms with Crippen molar-refractivity contribution in [3.63, 3.8) is 0 Å². The smallest absolute Gasteiger partial charge is 0.153 e. The lowest BCUT2D eigenvalue weighted by molar-refractivity contribution is 0.804. The molecule has 2 aromatic rings. The molecular formula is C11H11Cl2N3. The Kier molecular flexibility index (Phi) is 3.17. The van der Waals surface area contributed by atoms with E-state index >= 15 is 0 Å². The molecule has 0 atom stereocenters. The van der Waals surface area contributed by atoms with Crippen LogP contribution in [0.4, 0.5) is 0 Å². The molecule has 0 aromatic carbocycles. The van der Waals surface area contributed by atoms with E-state index in [2.05, 4.69) is 10.1 Å². The lowest BCUT2D eigenvalue weighted by Gasteiger charge is -2.04. The second-order valence-electron chi connectivity index (χ2n) is 3.55. The van der Waals surface area contributed by atoms with Crippen molar-refractivity contribution < 1.29 is 0 Å². The first kappa shape index (κ1) is 11.4. The Morgan fingerprint density at radius 2 is 2.12 bits per heavy atom. The Morgan fingerprint density at radius 3 is 2.69 bits per heavy atom. The molecule has 2 rings (SSSR count). The van der Waals surface area contributed by atoms with E-state index in [9.17, 15) is 0 Å². The summed E-state index contributed by atoms with van der Waals surface area (Å²) in [4.78, 5) is 4.26. The molecule has 0 spiro atoms. The van der Waals surface area contributed by atoms with Crippen molar-refractivity contribution in [3.8, 4) is 5.82 Å². The number of halogens is 2. The van der Waals surface area contributed by atoms with Gasteiger partial charge < -0.3 is 0 Å². The fourth-order valence-corrected chi connectivity index (χ4v) is 1.79. The van der Waals surface area contributed by atoms with Gasteiger partial charge in [0, 0.05) is 12.1 Å². The number of rotatable bonds is 2. The average Bonchev–Trinajstić information content (AvgIpc) is 2.57. The topological polar surface area (TPSA) is 30.7 Å². The molecular weight excluding hydrogens is 245 g/mol. The lowest BCUT2D eigenvalue weighted by Crippen LogP contribution is -2.02. The van der Waals surface area contributed by atoms with Gasteiger partial charge in [0.2, 0.25) is 0 Å². The van der Waals surface area contributed by atoms with Crippen molar-refractivity contribution in [1.82, 2.24) is 14.8 Å². The largest absolute Gasteiger partial charge is 0.237 e. The summed E-state index contributed by atoms with van der Waals surface area (Å²) in [5.41, 5.74) is 2.70. The first-order valence-corrected chi connectivity index (χ1v) is 5.77. The zero-order valence-corrected chi connectivity index (χ0v) is 10.5. The molecule has 0 bridgehead atoms. The molecule has 0 fully saturated rings. The number of aryl methyl sites for hydroxylation is 1. The van der Waals surface area contributed by atoms with Crippen LogP contribution in [0.1, 0.15) is 17.0 Å². The monoisotopic (exact) mass is 255 g/mol. The second-order valence-corrected chi connectivity index (χ2v) is 4.20. The van der Waals surface area contributed by atoms with E-state index in [-0.39, 0.29) is 0 Å². The van der Waals surface area contributed by atoms with Gasteiger partial charge in [0.1, 0.15) is 0 Å². The van der Waals surface area contributed by atoms with Gasteiger partial charge >= 0.3 is 0 Å². The van der Waals surface area contributed by atoms with Gasteiger partial charge in [0.05, 0.1) is 16.4 Å². The molecule has 0 amide bonds. The summed E-state index contributed by atoms with van der Waals surface area (Å²) in [6.45, 7) is 3.79. The van der Waals surface area contributed by atoms with Crippen LogP contribution in [0.15, 0.2) is 18.3 Å². The van der Waals surface area contributed by atoms with Gasteiger partial charge in [-0.15, -0.1) is 11.6 Å². The summed E-state index contributed by atoms with van der Waals surface area (Å²) < 4.78 is 1.73. The molecule has 0 saturated carbocycles. The van der Waals surface area contributed by atoms with Gasteiger partial charge in [-0.2, -0.15) is 5.10 Å². The third kappa shape index (κ3) is 1.93. The molecule has 3 nitrogen and oxygen atoms in total. The van der Waals surface area contributed by atoms with Gasteiger partial charge in [-0.05, 0) is 31.5 Å². The quantitative estimate of drug-likeness (QED) is 0.772. The van der Waals surface area contributed by atoms with Crippen LogP contribution in [0, 0.1) is 13.8 Å². The van der Waals surface area contributed by atoms with E-state index in [0.29, 0.717) is 10.9 Å². The minimum atomic E-state index is 0.461. The van der Waals surface area contributed by atoms with E-state index in [4.69, 9.17) is 23.2 Å². The highest BCUT2D eigenvalue weighted by atomic mass is 35.5. The number of nitrogens with zero attached hydrogens (tertiary/aromatic N) is 3. The Labute approximate surface area is 104 Å². The van der Waals surface area contributed by atoms with Crippen molar-refractivity contribution in [2.45, 2.75) is 19.7 Å². The van der Waals surface area contributed by atoms with Gasteiger partial charge in [0.15, 0.2) is 5.82 Å². The summed E-state index contributed by atoms with van der Waals surface area (Å²) in [5.74, 6) is 1.20. The van der Waals surface area contributed by atoms with Crippen LogP contribution < -0.4 is 0 Å². The van der Waals surface area contributed by atoms with Crippen LogP contribution in [0.5, 0.6) is 0 Å². The molecule has 84 valence electrons. The standard InChI is InChI=1S/C11H11Cl2N3/c1-7-11(13)8(2)16(15-7)10-5-9(6-12)3-4-14-10/h3-5H,6H2,1-2H3. The van der Waals surface area contributed by atoms with Crippen LogP contribution in [0.25, 0.3) is 5.82 Å². The van der Waals surface area contributed by atoms with Crippen molar-refractivity contribution >= 4 is 23.2 Å². The third-order valence-electron chi connectivity index (χ3n) is 2.38. The number of aromatic nitrogens is 3. The maximum atomic E-state index is 6.08. The highest BCUT2D eigenvalue weighted by molar-refractivity contribution is 6.31. The number of alkyl halides is 1. The van der Waals surface area contributed by atoms with Crippen molar-refractivity contribution in [1.29, 1.82) is 0 Å². The molecule has 5 heteroatoms. The van der Waals surface area contributed by atoms with E-state index in [1.165, 1.54) is 0 Å². The number of pyridine rings is 1. The summed E-state index contributed by atoms with van der Waals surface area (Å²) in [6, 6.07) is 3.78.